The summed E-state index contributed by atoms with van der Waals surface area (Å²) in [6.07, 6.45) is 6.69. The summed E-state index contributed by atoms with van der Waals surface area (Å²) in [5, 5.41) is 12.6. The zero-order valence-corrected chi connectivity index (χ0v) is 15.7. The van der Waals surface area contributed by atoms with E-state index < -0.39 is 0 Å². The molecule has 8 heteroatoms. The van der Waals surface area contributed by atoms with Crippen LogP contribution in [0, 0.1) is 0 Å². The fraction of sp³-hybridized carbons (Fsp3) is 0.100. The number of hydrogen-bond donors (Lipinski definition) is 1. The quantitative estimate of drug-likeness (QED) is 0.469. The number of hydrogen-bond acceptors (Lipinski definition) is 5. The number of benzene rings is 2. The van der Waals surface area contributed by atoms with Crippen LogP contribution in [0.5, 0.6) is 5.75 Å². The normalized spacial score (nSPS) is 11.2. The molecule has 0 aliphatic rings. The predicted molar refractivity (Wildman–Crippen MR) is 108 cm³/mol. The van der Waals surface area contributed by atoms with Gasteiger partial charge in [-0.15, -0.1) is 5.10 Å². The van der Waals surface area contributed by atoms with Gasteiger partial charge < -0.3 is 4.74 Å². The molecule has 1 aromatic heterocycles. The lowest BCUT2D eigenvalue weighted by atomic mass is 10.2. The van der Waals surface area contributed by atoms with Crippen molar-refractivity contribution < 1.29 is 9.53 Å². The predicted octanol–water partition coefficient (Wildman–Crippen LogP) is 3.17. The summed E-state index contributed by atoms with van der Waals surface area (Å²) in [4.78, 5) is 11.7. The number of ether oxygens (including phenoxy) is 1. The maximum atomic E-state index is 11.7. The van der Waals surface area contributed by atoms with E-state index in [0.717, 1.165) is 5.56 Å². The maximum Gasteiger partial charge on any atom is 0.277 e. The molecule has 7 nitrogen and oxygen atoms in total. The number of nitrogens with zero attached hydrogens (tertiary/aromatic N) is 4. The standard InChI is InChI=1S/C20H18ClN5O2/c21-17-8-10-19(11-9-17)28-15-20(27)24-22-12-4-7-18-14-26(25-23-18)13-16-5-2-1-3-6-16/h1-12,14H,13,15H2,(H,24,27)/b7-4+,22-12-. The number of hydrazone groups is 1. The summed E-state index contributed by atoms with van der Waals surface area (Å²) in [6, 6.07) is 16.8. The Kier molecular flexibility index (Phi) is 6.92. The van der Waals surface area contributed by atoms with Crippen LogP contribution < -0.4 is 10.2 Å². The summed E-state index contributed by atoms with van der Waals surface area (Å²) in [5.41, 5.74) is 4.22. The number of rotatable bonds is 8. The molecule has 0 spiro atoms. The van der Waals surface area contributed by atoms with Crippen molar-refractivity contribution in [2.24, 2.45) is 5.10 Å². The lowest BCUT2D eigenvalue weighted by molar-refractivity contribution is -0.123. The van der Waals surface area contributed by atoms with Crippen molar-refractivity contribution in [2.75, 3.05) is 6.61 Å². The highest BCUT2D eigenvalue weighted by molar-refractivity contribution is 6.30. The van der Waals surface area contributed by atoms with Gasteiger partial charge in [-0.05, 0) is 42.0 Å². The molecule has 0 saturated heterocycles. The van der Waals surface area contributed by atoms with Gasteiger partial charge in [0.05, 0.1) is 12.7 Å². The van der Waals surface area contributed by atoms with Gasteiger partial charge in [-0.25, -0.2) is 10.1 Å². The Labute approximate surface area is 167 Å². The van der Waals surface area contributed by atoms with Crippen molar-refractivity contribution >= 4 is 29.8 Å². The van der Waals surface area contributed by atoms with E-state index in [-0.39, 0.29) is 12.5 Å². The molecule has 1 heterocycles. The van der Waals surface area contributed by atoms with Crippen LogP contribution in [0.3, 0.4) is 0 Å². The van der Waals surface area contributed by atoms with Crippen LogP contribution in [0.1, 0.15) is 11.3 Å². The summed E-state index contributed by atoms with van der Waals surface area (Å²) in [7, 11) is 0. The molecule has 0 aliphatic heterocycles. The fourth-order valence-corrected chi connectivity index (χ4v) is 2.37. The largest absolute Gasteiger partial charge is 0.484 e. The number of carbonyl (C=O) groups excluding carboxylic acids is 1. The molecule has 0 radical (unpaired) electrons. The first-order valence-electron chi connectivity index (χ1n) is 8.50. The van der Waals surface area contributed by atoms with Crippen LogP contribution in [0.15, 0.2) is 72.0 Å². The van der Waals surface area contributed by atoms with Gasteiger partial charge in [0.2, 0.25) is 0 Å². The molecule has 0 fully saturated rings. The van der Waals surface area contributed by atoms with Crippen molar-refractivity contribution in [3.63, 3.8) is 0 Å². The number of nitrogens with one attached hydrogen (secondary N) is 1. The third-order valence-corrected chi connectivity index (χ3v) is 3.80. The Balaban J connectivity index is 1.40. The van der Waals surface area contributed by atoms with Crippen LogP contribution in [-0.4, -0.2) is 33.7 Å². The van der Waals surface area contributed by atoms with E-state index >= 15 is 0 Å². The number of aromatic nitrogens is 3. The lowest BCUT2D eigenvalue weighted by Gasteiger charge is -2.04. The number of amides is 1. The molecule has 142 valence electrons. The SMILES string of the molecule is O=C(COc1ccc(Cl)cc1)N/N=C\C=C\c1cn(Cc2ccccc2)nn1. The average molecular weight is 396 g/mol. The second-order valence-corrected chi connectivity index (χ2v) is 6.18. The molecule has 1 amide bonds. The number of allylic oxidation sites excluding steroid dienone is 1. The van der Waals surface area contributed by atoms with Gasteiger partial charge >= 0.3 is 0 Å². The van der Waals surface area contributed by atoms with E-state index in [2.05, 4.69) is 20.8 Å². The van der Waals surface area contributed by atoms with Gasteiger partial charge in [0.25, 0.3) is 5.91 Å². The highest BCUT2D eigenvalue weighted by atomic mass is 35.5. The molecule has 3 aromatic rings. The van der Waals surface area contributed by atoms with Gasteiger partial charge in [-0.2, -0.15) is 5.10 Å². The molecule has 0 saturated carbocycles. The van der Waals surface area contributed by atoms with E-state index in [1.165, 1.54) is 6.21 Å². The number of halogens is 1. The molecule has 0 bridgehead atoms. The Morgan fingerprint density at radius 2 is 1.96 bits per heavy atom. The minimum Gasteiger partial charge on any atom is -0.484 e. The number of carbonyl (C=O) groups is 1. The smallest absolute Gasteiger partial charge is 0.277 e. The van der Waals surface area contributed by atoms with Gasteiger partial charge in [0.15, 0.2) is 6.61 Å². The first-order valence-corrected chi connectivity index (χ1v) is 8.88. The first kappa shape index (κ1) is 19.3. The van der Waals surface area contributed by atoms with Crippen molar-refractivity contribution in [3.05, 3.63) is 83.2 Å². The minimum absolute atomic E-state index is 0.142. The molecule has 0 atom stereocenters. The molecule has 0 aliphatic carbocycles. The Morgan fingerprint density at radius 3 is 2.75 bits per heavy atom. The second-order valence-electron chi connectivity index (χ2n) is 5.74. The second kappa shape index (κ2) is 10.0. The van der Waals surface area contributed by atoms with Crippen molar-refractivity contribution in [2.45, 2.75) is 6.54 Å². The van der Waals surface area contributed by atoms with Crippen molar-refractivity contribution in [1.82, 2.24) is 20.4 Å². The molecular weight excluding hydrogens is 378 g/mol. The van der Waals surface area contributed by atoms with Crippen LogP contribution >= 0.6 is 11.6 Å². The topological polar surface area (TPSA) is 81.4 Å². The minimum atomic E-state index is -0.367. The zero-order chi connectivity index (χ0) is 19.6. The summed E-state index contributed by atoms with van der Waals surface area (Å²) in [5.74, 6) is 0.190. The molecule has 1 N–H and O–H groups in total. The zero-order valence-electron chi connectivity index (χ0n) is 14.9. The van der Waals surface area contributed by atoms with E-state index in [9.17, 15) is 4.79 Å². The van der Waals surface area contributed by atoms with Gasteiger partial charge in [0, 0.05) is 11.2 Å². The van der Waals surface area contributed by atoms with Crippen LogP contribution in [-0.2, 0) is 11.3 Å². The summed E-state index contributed by atoms with van der Waals surface area (Å²) >= 11 is 5.78. The van der Waals surface area contributed by atoms with Gasteiger partial charge in [0.1, 0.15) is 11.4 Å². The molecule has 3 rings (SSSR count). The van der Waals surface area contributed by atoms with Crippen LogP contribution in [0.4, 0.5) is 0 Å². The lowest BCUT2D eigenvalue weighted by Crippen LogP contribution is -2.24. The van der Waals surface area contributed by atoms with E-state index in [4.69, 9.17) is 16.3 Å². The van der Waals surface area contributed by atoms with Crippen molar-refractivity contribution in [1.29, 1.82) is 0 Å². The molecular formula is C20H18ClN5O2. The van der Waals surface area contributed by atoms with Crippen LogP contribution in [0.2, 0.25) is 5.02 Å². The van der Waals surface area contributed by atoms with E-state index in [1.807, 2.05) is 36.5 Å². The molecule has 2 aromatic carbocycles. The molecule has 28 heavy (non-hydrogen) atoms. The van der Waals surface area contributed by atoms with Crippen LogP contribution in [0.25, 0.3) is 6.08 Å². The third kappa shape index (κ3) is 6.37. The molecule has 0 unspecified atom stereocenters. The van der Waals surface area contributed by atoms with Gasteiger partial charge in [-0.3, -0.25) is 4.79 Å². The highest BCUT2D eigenvalue weighted by Crippen LogP contribution is 2.15. The van der Waals surface area contributed by atoms with Gasteiger partial charge in [-0.1, -0.05) is 47.1 Å². The van der Waals surface area contributed by atoms with Crippen molar-refractivity contribution in [3.8, 4) is 5.75 Å². The van der Waals surface area contributed by atoms with E-state index in [0.29, 0.717) is 23.0 Å². The summed E-state index contributed by atoms with van der Waals surface area (Å²) < 4.78 is 7.07. The van der Waals surface area contributed by atoms with E-state index in [1.54, 1.807) is 41.1 Å². The third-order valence-electron chi connectivity index (χ3n) is 3.54. The highest BCUT2D eigenvalue weighted by Gasteiger charge is 2.01. The Hall–Kier alpha value is -3.45. The fourth-order valence-electron chi connectivity index (χ4n) is 2.24. The Bertz CT molecular complexity index is 952. The summed E-state index contributed by atoms with van der Waals surface area (Å²) in [6.45, 7) is 0.510. The Morgan fingerprint density at radius 1 is 1.18 bits per heavy atom. The maximum absolute atomic E-state index is 11.7. The average Bonchev–Trinajstić information content (AvgIpc) is 3.15. The monoisotopic (exact) mass is 395 g/mol. The first-order chi connectivity index (χ1) is 13.7.